The first-order valence-corrected chi connectivity index (χ1v) is 5.51. The maximum Gasteiger partial charge on any atom is 0.323 e. The maximum absolute atomic E-state index is 12.1. The number of aliphatic carboxylic acids is 1. The third kappa shape index (κ3) is 3.59. The van der Waals surface area contributed by atoms with Gasteiger partial charge in [-0.3, -0.25) is 9.59 Å². The largest absolute Gasteiger partial charge is 0.480 e. The molecule has 0 saturated heterocycles. The molecule has 0 bridgehead atoms. The molecule has 1 rings (SSSR count). The Morgan fingerprint density at radius 3 is 2.18 bits per heavy atom. The Hall–Kier alpha value is -1.84. The summed E-state index contributed by atoms with van der Waals surface area (Å²) in [6.45, 7) is 5.26. The summed E-state index contributed by atoms with van der Waals surface area (Å²) >= 11 is 0. The van der Waals surface area contributed by atoms with Crippen LogP contribution in [-0.4, -0.2) is 34.5 Å². The Balaban J connectivity index is 2.91. The second kappa shape index (κ2) is 5.48. The molecule has 1 aromatic carbocycles. The molecule has 92 valence electrons. The van der Waals surface area contributed by atoms with E-state index in [0.717, 1.165) is 5.56 Å². The van der Waals surface area contributed by atoms with Gasteiger partial charge in [0.25, 0.3) is 5.91 Å². The zero-order valence-corrected chi connectivity index (χ0v) is 10.3. The Morgan fingerprint density at radius 1 is 1.24 bits per heavy atom. The van der Waals surface area contributed by atoms with Gasteiger partial charge in [0.2, 0.25) is 0 Å². The minimum atomic E-state index is -1.00. The first kappa shape index (κ1) is 13.2. The number of rotatable bonds is 4. The highest BCUT2D eigenvalue weighted by molar-refractivity contribution is 5.96. The molecule has 1 N–H and O–H groups in total. The summed E-state index contributed by atoms with van der Waals surface area (Å²) < 4.78 is 0. The average Bonchev–Trinajstić information content (AvgIpc) is 2.25. The third-order valence-corrected chi connectivity index (χ3v) is 2.49. The van der Waals surface area contributed by atoms with Gasteiger partial charge in [-0.05, 0) is 32.9 Å². The van der Waals surface area contributed by atoms with Crippen molar-refractivity contribution in [2.24, 2.45) is 0 Å². The zero-order chi connectivity index (χ0) is 13.0. The number of aryl methyl sites for hydroxylation is 1. The quantitative estimate of drug-likeness (QED) is 0.867. The van der Waals surface area contributed by atoms with E-state index in [1.165, 1.54) is 4.90 Å². The lowest BCUT2D eigenvalue weighted by Crippen LogP contribution is -2.40. The molecule has 0 aliphatic heterocycles. The lowest BCUT2D eigenvalue weighted by molar-refractivity contribution is -0.138. The van der Waals surface area contributed by atoms with Gasteiger partial charge in [0.05, 0.1) is 0 Å². The molecule has 0 heterocycles. The Kier molecular flexibility index (Phi) is 4.26. The van der Waals surface area contributed by atoms with Crippen molar-refractivity contribution in [1.82, 2.24) is 4.90 Å². The molecule has 1 aromatic rings. The van der Waals surface area contributed by atoms with Gasteiger partial charge in [-0.1, -0.05) is 17.7 Å². The molecule has 0 radical (unpaired) electrons. The normalized spacial score (nSPS) is 10.4. The van der Waals surface area contributed by atoms with E-state index >= 15 is 0 Å². The number of benzene rings is 1. The van der Waals surface area contributed by atoms with E-state index in [2.05, 4.69) is 0 Å². The number of amides is 1. The monoisotopic (exact) mass is 235 g/mol. The summed E-state index contributed by atoms with van der Waals surface area (Å²) in [5, 5.41) is 8.78. The summed E-state index contributed by atoms with van der Waals surface area (Å²) in [7, 11) is 0. The minimum Gasteiger partial charge on any atom is -0.480 e. The van der Waals surface area contributed by atoms with Gasteiger partial charge in [0, 0.05) is 11.6 Å². The van der Waals surface area contributed by atoms with Crippen LogP contribution in [-0.2, 0) is 4.79 Å². The highest BCUT2D eigenvalue weighted by Crippen LogP contribution is 2.09. The van der Waals surface area contributed by atoms with Gasteiger partial charge >= 0.3 is 5.97 Å². The molecule has 0 aliphatic rings. The molecule has 4 heteroatoms. The fourth-order valence-corrected chi connectivity index (χ4v) is 1.50. The van der Waals surface area contributed by atoms with Crippen molar-refractivity contribution in [3.05, 3.63) is 35.4 Å². The molecule has 0 aromatic heterocycles. The number of hydrogen-bond donors (Lipinski definition) is 1. The predicted octanol–water partition coefficient (Wildman–Crippen LogP) is 1.93. The van der Waals surface area contributed by atoms with E-state index in [1.807, 2.05) is 19.1 Å². The van der Waals surface area contributed by atoms with E-state index in [1.54, 1.807) is 26.0 Å². The first-order chi connectivity index (χ1) is 7.91. The van der Waals surface area contributed by atoms with Crippen LogP contribution in [0.2, 0.25) is 0 Å². The first-order valence-electron chi connectivity index (χ1n) is 5.51. The summed E-state index contributed by atoms with van der Waals surface area (Å²) in [4.78, 5) is 24.1. The summed E-state index contributed by atoms with van der Waals surface area (Å²) in [5.74, 6) is -1.25. The van der Waals surface area contributed by atoms with Gasteiger partial charge in [0.15, 0.2) is 0 Å². The van der Waals surface area contributed by atoms with Crippen molar-refractivity contribution in [2.45, 2.75) is 26.8 Å². The van der Waals surface area contributed by atoms with E-state index in [-0.39, 0.29) is 18.5 Å². The fraction of sp³-hybridized carbons (Fsp3) is 0.385. The van der Waals surface area contributed by atoms with Crippen LogP contribution in [0.4, 0.5) is 0 Å². The molecule has 0 atom stereocenters. The number of carboxylic acids is 1. The van der Waals surface area contributed by atoms with Gasteiger partial charge < -0.3 is 10.0 Å². The highest BCUT2D eigenvalue weighted by Gasteiger charge is 2.20. The van der Waals surface area contributed by atoms with Crippen LogP contribution in [0, 0.1) is 6.92 Å². The van der Waals surface area contributed by atoms with Crippen LogP contribution in [0.3, 0.4) is 0 Å². The molecular weight excluding hydrogens is 218 g/mol. The Bertz CT molecular complexity index is 409. The van der Waals surface area contributed by atoms with Crippen molar-refractivity contribution in [3.63, 3.8) is 0 Å². The van der Waals surface area contributed by atoms with Crippen molar-refractivity contribution in [2.75, 3.05) is 6.54 Å². The summed E-state index contributed by atoms with van der Waals surface area (Å²) in [6, 6.07) is 6.97. The second-order valence-electron chi connectivity index (χ2n) is 4.29. The fourth-order valence-electron chi connectivity index (χ4n) is 1.50. The van der Waals surface area contributed by atoms with Crippen molar-refractivity contribution >= 4 is 11.9 Å². The Morgan fingerprint density at radius 2 is 1.76 bits per heavy atom. The van der Waals surface area contributed by atoms with Crippen molar-refractivity contribution in [1.29, 1.82) is 0 Å². The van der Waals surface area contributed by atoms with Gasteiger partial charge in [-0.15, -0.1) is 0 Å². The lowest BCUT2D eigenvalue weighted by atomic mass is 10.1. The predicted molar refractivity (Wildman–Crippen MR) is 65.0 cm³/mol. The van der Waals surface area contributed by atoms with Crippen LogP contribution in [0.5, 0.6) is 0 Å². The van der Waals surface area contributed by atoms with E-state index in [0.29, 0.717) is 5.56 Å². The van der Waals surface area contributed by atoms with Gasteiger partial charge in [-0.2, -0.15) is 0 Å². The van der Waals surface area contributed by atoms with Crippen LogP contribution < -0.4 is 0 Å². The minimum absolute atomic E-state index is 0.139. The molecular formula is C13H17NO3. The van der Waals surface area contributed by atoms with E-state index < -0.39 is 5.97 Å². The molecule has 4 nitrogen and oxygen atoms in total. The van der Waals surface area contributed by atoms with Gasteiger partial charge in [-0.25, -0.2) is 0 Å². The second-order valence-corrected chi connectivity index (χ2v) is 4.29. The summed E-state index contributed by atoms with van der Waals surface area (Å²) in [5.41, 5.74) is 1.58. The van der Waals surface area contributed by atoms with Crippen molar-refractivity contribution in [3.8, 4) is 0 Å². The van der Waals surface area contributed by atoms with Crippen LogP contribution in [0.1, 0.15) is 29.8 Å². The van der Waals surface area contributed by atoms with Crippen molar-refractivity contribution < 1.29 is 14.7 Å². The van der Waals surface area contributed by atoms with Crippen LogP contribution >= 0.6 is 0 Å². The SMILES string of the molecule is Cc1ccc(C(=O)N(CC(=O)O)C(C)C)cc1. The summed E-state index contributed by atoms with van der Waals surface area (Å²) in [6.07, 6.45) is 0. The van der Waals surface area contributed by atoms with E-state index in [4.69, 9.17) is 5.11 Å². The molecule has 0 fully saturated rings. The smallest absolute Gasteiger partial charge is 0.323 e. The van der Waals surface area contributed by atoms with Gasteiger partial charge in [0.1, 0.15) is 6.54 Å². The molecule has 0 unspecified atom stereocenters. The molecule has 0 aliphatic carbocycles. The third-order valence-electron chi connectivity index (χ3n) is 2.49. The lowest BCUT2D eigenvalue weighted by Gasteiger charge is -2.24. The number of carbonyl (C=O) groups excluding carboxylic acids is 1. The Labute approximate surface area is 101 Å². The number of carboxylic acid groups (broad SMARTS) is 1. The zero-order valence-electron chi connectivity index (χ0n) is 10.3. The maximum atomic E-state index is 12.1. The van der Waals surface area contributed by atoms with Crippen LogP contribution in [0.15, 0.2) is 24.3 Å². The molecule has 1 amide bonds. The number of hydrogen-bond acceptors (Lipinski definition) is 2. The highest BCUT2D eigenvalue weighted by atomic mass is 16.4. The molecule has 0 saturated carbocycles. The number of nitrogens with zero attached hydrogens (tertiary/aromatic N) is 1. The molecule has 17 heavy (non-hydrogen) atoms. The topological polar surface area (TPSA) is 57.6 Å². The molecule has 0 spiro atoms. The van der Waals surface area contributed by atoms with Crippen LogP contribution in [0.25, 0.3) is 0 Å². The average molecular weight is 235 g/mol. The number of carbonyl (C=O) groups is 2. The standard InChI is InChI=1S/C13H17NO3/c1-9(2)14(8-12(15)16)13(17)11-6-4-10(3)5-7-11/h4-7,9H,8H2,1-3H3,(H,15,16). The van der Waals surface area contributed by atoms with E-state index in [9.17, 15) is 9.59 Å².